The van der Waals surface area contributed by atoms with Crippen molar-refractivity contribution >= 4 is 23.2 Å². The molecular weight excluding hydrogens is 284 g/mol. The molecule has 2 aromatic rings. The van der Waals surface area contributed by atoms with E-state index in [4.69, 9.17) is 0 Å². The fourth-order valence-electron chi connectivity index (χ4n) is 1.95. The predicted octanol–water partition coefficient (Wildman–Crippen LogP) is 2.53. The molecule has 0 radical (unpaired) electrons. The summed E-state index contributed by atoms with van der Waals surface area (Å²) in [6, 6.07) is 13.4. The van der Waals surface area contributed by atoms with E-state index in [9.17, 15) is 9.59 Å². The van der Waals surface area contributed by atoms with Crippen molar-refractivity contribution in [1.29, 1.82) is 0 Å². The largest absolute Gasteiger partial charge is 0.350 e. The minimum Gasteiger partial charge on any atom is -0.350 e. The van der Waals surface area contributed by atoms with Crippen LogP contribution in [0.4, 0.5) is 0 Å². The molecule has 0 aliphatic heterocycles. The van der Waals surface area contributed by atoms with Gasteiger partial charge in [0.25, 0.3) is 5.91 Å². The van der Waals surface area contributed by atoms with Gasteiger partial charge in [0.05, 0.1) is 4.88 Å². The van der Waals surface area contributed by atoms with E-state index >= 15 is 0 Å². The van der Waals surface area contributed by atoms with Gasteiger partial charge in [0, 0.05) is 26.6 Å². The molecule has 1 aromatic carbocycles. The summed E-state index contributed by atoms with van der Waals surface area (Å²) in [5.41, 5.74) is 1.08. The van der Waals surface area contributed by atoms with E-state index in [0.29, 0.717) is 24.5 Å². The Morgan fingerprint density at radius 1 is 1.14 bits per heavy atom. The number of hydrogen-bond donors (Lipinski definition) is 1. The van der Waals surface area contributed by atoms with Crippen molar-refractivity contribution in [3.05, 3.63) is 58.3 Å². The summed E-state index contributed by atoms with van der Waals surface area (Å²) in [5.74, 6) is -0.0857. The van der Waals surface area contributed by atoms with E-state index in [1.165, 1.54) is 11.3 Å². The molecule has 0 spiro atoms. The van der Waals surface area contributed by atoms with Crippen LogP contribution in [0.1, 0.15) is 22.2 Å². The van der Waals surface area contributed by atoms with Crippen molar-refractivity contribution in [2.75, 3.05) is 13.1 Å². The first-order chi connectivity index (χ1) is 10.2. The molecule has 0 unspecified atom stereocenters. The highest BCUT2D eigenvalue weighted by Crippen LogP contribution is 2.08. The normalized spacial score (nSPS) is 10.1. The molecule has 0 aliphatic carbocycles. The van der Waals surface area contributed by atoms with E-state index in [1.807, 2.05) is 41.8 Å². The minimum absolute atomic E-state index is 0.00391. The second-order valence-corrected chi connectivity index (χ2v) is 5.61. The van der Waals surface area contributed by atoms with Crippen LogP contribution in [0.25, 0.3) is 0 Å². The van der Waals surface area contributed by atoms with Gasteiger partial charge in [-0.05, 0) is 17.0 Å². The van der Waals surface area contributed by atoms with Crippen LogP contribution in [0, 0.1) is 0 Å². The van der Waals surface area contributed by atoms with Crippen molar-refractivity contribution in [2.24, 2.45) is 0 Å². The maximum absolute atomic E-state index is 11.8. The summed E-state index contributed by atoms with van der Waals surface area (Å²) >= 11 is 1.41. The van der Waals surface area contributed by atoms with Crippen molar-refractivity contribution in [2.45, 2.75) is 13.5 Å². The van der Waals surface area contributed by atoms with Crippen molar-refractivity contribution in [3.63, 3.8) is 0 Å². The minimum atomic E-state index is -0.0896. The molecule has 0 bridgehead atoms. The quantitative estimate of drug-likeness (QED) is 0.891. The first-order valence-electron chi connectivity index (χ1n) is 6.78. The number of carbonyl (C=O) groups is 2. The lowest BCUT2D eigenvalue weighted by atomic mass is 10.2. The van der Waals surface area contributed by atoms with Crippen LogP contribution in [0.3, 0.4) is 0 Å². The Hall–Kier alpha value is -2.14. The Kier molecular flexibility index (Phi) is 5.51. The average molecular weight is 302 g/mol. The number of nitrogens with zero attached hydrogens (tertiary/aromatic N) is 1. The van der Waals surface area contributed by atoms with Crippen molar-refractivity contribution in [3.8, 4) is 0 Å². The monoisotopic (exact) mass is 302 g/mol. The Bertz CT molecular complexity index is 582. The molecule has 0 fully saturated rings. The van der Waals surface area contributed by atoms with Crippen LogP contribution in [0.15, 0.2) is 47.8 Å². The lowest BCUT2D eigenvalue weighted by molar-refractivity contribution is -0.129. The smallest absolute Gasteiger partial charge is 0.261 e. The number of benzene rings is 1. The second-order valence-electron chi connectivity index (χ2n) is 4.66. The van der Waals surface area contributed by atoms with Gasteiger partial charge in [-0.2, -0.15) is 0 Å². The molecule has 4 nitrogen and oxygen atoms in total. The number of amides is 2. The van der Waals surface area contributed by atoms with Crippen LogP contribution >= 0.6 is 11.3 Å². The summed E-state index contributed by atoms with van der Waals surface area (Å²) in [4.78, 5) is 25.9. The van der Waals surface area contributed by atoms with E-state index in [-0.39, 0.29) is 11.8 Å². The van der Waals surface area contributed by atoms with E-state index in [1.54, 1.807) is 17.9 Å². The summed E-state index contributed by atoms with van der Waals surface area (Å²) in [6.45, 7) is 3.06. The number of hydrogen-bond acceptors (Lipinski definition) is 3. The van der Waals surface area contributed by atoms with Gasteiger partial charge in [-0.25, -0.2) is 0 Å². The first kappa shape index (κ1) is 15.3. The molecule has 0 aliphatic rings. The van der Waals surface area contributed by atoms with E-state index < -0.39 is 0 Å². The van der Waals surface area contributed by atoms with Gasteiger partial charge in [-0.3, -0.25) is 9.59 Å². The molecule has 0 saturated heterocycles. The fourth-order valence-corrected chi connectivity index (χ4v) is 2.59. The van der Waals surface area contributed by atoms with Crippen LogP contribution in [0.5, 0.6) is 0 Å². The highest BCUT2D eigenvalue weighted by atomic mass is 32.1. The maximum Gasteiger partial charge on any atom is 0.261 e. The third-order valence-corrected chi connectivity index (χ3v) is 3.94. The van der Waals surface area contributed by atoms with E-state index in [2.05, 4.69) is 5.32 Å². The standard InChI is InChI=1S/C16H18N2O2S/c1-13(19)18(12-14-6-3-2-4-7-14)10-9-17-16(20)15-8-5-11-21-15/h2-8,11H,9-10,12H2,1H3,(H,17,20). The van der Waals surface area contributed by atoms with Crippen LogP contribution in [0.2, 0.25) is 0 Å². The zero-order chi connectivity index (χ0) is 15.1. The van der Waals surface area contributed by atoms with Gasteiger partial charge in [0.1, 0.15) is 0 Å². The van der Waals surface area contributed by atoms with Gasteiger partial charge in [0.2, 0.25) is 5.91 Å². The molecular formula is C16H18N2O2S. The predicted molar refractivity (Wildman–Crippen MR) is 84.2 cm³/mol. The topological polar surface area (TPSA) is 49.4 Å². The molecule has 0 saturated carbocycles. The Morgan fingerprint density at radius 3 is 2.52 bits per heavy atom. The Labute approximate surface area is 128 Å². The molecule has 21 heavy (non-hydrogen) atoms. The van der Waals surface area contributed by atoms with Crippen molar-refractivity contribution in [1.82, 2.24) is 10.2 Å². The molecule has 2 amide bonds. The van der Waals surface area contributed by atoms with Crippen LogP contribution < -0.4 is 5.32 Å². The lowest BCUT2D eigenvalue weighted by Gasteiger charge is -2.21. The summed E-state index contributed by atoms with van der Waals surface area (Å²) in [7, 11) is 0. The van der Waals surface area contributed by atoms with Crippen LogP contribution in [-0.4, -0.2) is 29.8 Å². The lowest BCUT2D eigenvalue weighted by Crippen LogP contribution is -2.36. The van der Waals surface area contributed by atoms with Crippen LogP contribution in [-0.2, 0) is 11.3 Å². The zero-order valence-electron chi connectivity index (χ0n) is 11.9. The maximum atomic E-state index is 11.8. The molecule has 5 heteroatoms. The third kappa shape index (κ3) is 4.72. The molecule has 1 N–H and O–H groups in total. The SMILES string of the molecule is CC(=O)N(CCNC(=O)c1cccs1)Cc1ccccc1. The molecule has 1 heterocycles. The van der Waals surface area contributed by atoms with Gasteiger partial charge < -0.3 is 10.2 Å². The number of nitrogens with one attached hydrogen (secondary N) is 1. The first-order valence-corrected chi connectivity index (χ1v) is 7.66. The fraction of sp³-hybridized carbons (Fsp3) is 0.250. The molecule has 2 rings (SSSR count). The second kappa shape index (κ2) is 7.59. The number of thiophene rings is 1. The highest BCUT2D eigenvalue weighted by molar-refractivity contribution is 7.12. The summed E-state index contributed by atoms with van der Waals surface area (Å²) < 4.78 is 0. The number of rotatable bonds is 6. The van der Waals surface area contributed by atoms with E-state index in [0.717, 1.165) is 5.56 Å². The third-order valence-electron chi connectivity index (χ3n) is 3.07. The van der Waals surface area contributed by atoms with Gasteiger partial charge in [0.15, 0.2) is 0 Å². The average Bonchev–Trinajstić information content (AvgIpc) is 3.01. The molecule has 1 aromatic heterocycles. The molecule has 0 atom stereocenters. The van der Waals surface area contributed by atoms with Gasteiger partial charge >= 0.3 is 0 Å². The summed E-state index contributed by atoms with van der Waals surface area (Å²) in [5, 5.41) is 4.70. The zero-order valence-corrected chi connectivity index (χ0v) is 12.7. The summed E-state index contributed by atoms with van der Waals surface area (Å²) in [6.07, 6.45) is 0. The molecule has 110 valence electrons. The number of carbonyl (C=O) groups excluding carboxylic acids is 2. The Balaban J connectivity index is 1.83. The van der Waals surface area contributed by atoms with Crippen molar-refractivity contribution < 1.29 is 9.59 Å². The highest BCUT2D eigenvalue weighted by Gasteiger charge is 2.11. The van der Waals surface area contributed by atoms with Gasteiger partial charge in [-0.1, -0.05) is 36.4 Å². The van der Waals surface area contributed by atoms with Gasteiger partial charge in [-0.15, -0.1) is 11.3 Å². The Morgan fingerprint density at radius 2 is 1.90 bits per heavy atom.